The van der Waals surface area contributed by atoms with Crippen molar-refractivity contribution in [3.05, 3.63) is 83.2 Å². The van der Waals surface area contributed by atoms with Crippen LogP contribution < -0.4 is 9.47 Å². The molecule has 1 aromatic heterocycles. The minimum atomic E-state index is -0.946. The summed E-state index contributed by atoms with van der Waals surface area (Å²) in [5.74, 6) is 1.04. The van der Waals surface area contributed by atoms with Crippen molar-refractivity contribution in [1.29, 1.82) is 0 Å². The molecule has 2 aliphatic heterocycles. The summed E-state index contributed by atoms with van der Waals surface area (Å²) in [7, 11) is 3.71. The molecule has 0 spiro atoms. The Kier molecular flexibility index (Phi) is 8.56. The summed E-state index contributed by atoms with van der Waals surface area (Å²) in [6, 6.07) is 16.8. The molecule has 5 rings (SSSR count). The van der Waals surface area contributed by atoms with Gasteiger partial charge in [0.1, 0.15) is 5.84 Å². The maximum Gasteiger partial charge on any atom is 0.335 e. The Morgan fingerprint density at radius 1 is 1.15 bits per heavy atom. The Balaban J connectivity index is 1.27. The van der Waals surface area contributed by atoms with Crippen LogP contribution in [0.2, 0.25) is 0 Å². The third kappa shape index (κ3) is 6.52. The van der Waals surface area contributed by atoms with Crippen LogP contribution in [-0.2, 0) is 10.5 Å². The lowest BCUT2D eigenvalue weighted by Gasteiger charge is -2.34. The average Bonchev–Trinajstić information content (AvgIpc) is 3.34. The van der Waals surface area contributed by atoms with Gasteiger partial charge in [0, 0.05) is 45.1 Å². The van der Waals surface area contributed by atoms with Crippen LogP contribution in [-0.4, -0.2) is 78.6 Å². The molecule has 1 fully saturated rings. The number of aliphatic imine (C=N–C) groups is 1. The Labute approximate surface area is 241 Å². The van der Waals surface area contributed by atoms with Gasteiger partial charge < -0.3 is 24.2 Å². The molecule has 41 heavy (non-hydrogen) atoms. The lowest BCUT2D eigenvalue weighted by atomic mass is 9.88. The molecular weight excluding hydrogens is 520 g/mol. The number of methoxy groups -OCH3 is 1. The highest BCUT2D eigenvalue weighted by atomic mass is 16.7. The van der Waals surface area contributed by atoms with Crippen molar-refractivity contribution in [3.8, 4) is 11.5 Å². The number of aromatic carboxylic acids is 1. The number of likely N-dealkylation sites (tertiary alicyclic amines) is 1. The van der Waals surface area contributed by atoms with E-state index < -0.39 is 11.8 Å². The largest absolute Gasteiger partial charge is 0.478 e. The second kappa shape index (κ2) is 12.3. The van der Waals surface area contributed by atoms with Gasteiger partial charge in [-0.15, -0.1) is 0 Å². The van der Waals surface area contributed by atoms with Crippen molar-refractivity contribution in [2.45, 2.75) is 38.4 Å². The molecule has 216 valence electrons. The van der Waals surface area contributed by atoms with E-state index in [1.807, 2.05) is 51.4 Å². The van der Waals surface area contributed by atoms with Crippen molar-refractivity contribution in [3.63, 3.8) is 0 Å². The van der Waals surface area contributed by atoms with E-state index in [-0.39, 0.29) is 5.56 Å². The number of aromatic nitrogens is 1. The number of pyridine rings is 1. The second-order valence-corrected chi connectivity index (χ2v) is 10.9. The zero-order valence-electron chi connectivity index (χ0n) is 24.2. The first-order chi connectivity index (χ1) is 19.8. The van der Waals surface area contributed by atoms with E-state index in [4.69, 9.17) is 19.2 Å². The van der Waals surface area contributed by atoms with Gasteiger partial charge in [-0.05, 0) is 81.2 Å². The van der Waals surface area contributed by atoms with E-state index in [2.05, 4.69) is 20.9 Å². The number of amidine groups is 1. The summed E-state index contributed by atoms with van der Waals surface area (Å²) in [5, 5.41) is 9.22. The number of rotatable bonds is 9. The second-order valence-electron chi connectivity index (χ2n) is 10.9. The summed E-state index contributed by atoms with van der Waals surface area (Å²) in [4.78, 5) is 25.1. The van der Waals surface area contributed by atoms with Crippen LogP contribution in [0.4, 0.5) is 5.69 Å². The Morgan fingerprint density at radius 2 is 1.90 bits per heavy atom. The topological polar surface area (TPSA) is 96.7 Å². The summed E-state index contributed by atoms with van der Waals surface area (Å²) in [6.07, 6.45) is 3.80. The number of carboxylic acids is 1. The number of piperidine rings is 1. The molecule has 9 nitrogen and oxygen atoms in total. The molecule has 2 aromatic carbocycles. The lowest BCUT2D eigenvalue weighted by Crippen LogP contribution is -2.42. The number of carbonyl (C=O) groups is 1. The van der Waals surface area contributed by atoms with Gasteiger partial charge in [-0.1, -0.05) is 12.1 Å². The van der Waals surface area contributed by atoms with E-state index in [0.717, 1.165) is 60.2 Å². The van der Waals surface area contributed by atoms with Crippen molar-refractivity contribution >= 4 is 17.5 Å². The van der Waals surface area contributed by atoms with Gasteiger partial charge in [-0.2, -0.15) is 0 Å². The van der Waals surface area contributed by atoms with E-state index in [1.165, 1.54) is 5.56 Å². The van der Waals surface area contributed by atoms with Crippen LogP contribution in [0.15, 0.2) is 65.8 Å². The van der Waals surface area contributed by atoms with Crippen LogP contribution in [0.5, 0.6) is 11.5 Å². The molecule has 3 aromatic rings. The number of nitrogens with zero attached hydrogens (tertiary/aromatic N) is 4. The zero-order chi connectivity index (χ0) is 29.0. The van der Waals surface area contributed by atoms with Crippen molar-refractivity contribution < 1.29 is 24.1 Å². The Hall–Kier alpha value is -3.95. The first-order valence-corrected chi connectivity index (χ1v) is 14.0. The summed E-state index contributed by atoms with van der Waals surface area (Å²) < 4.78 is 18.1. The number of para-hydroxylation sites is 1. The van der Waals surface area contributed by atoms with Crippen LogP contribution in [0.3, 0.4) is 0 Å². The van der Waals surface area contributed by atoms with Gasteiger partial charge in [-0.3, -0.25) is 9.88 Å². The summed E-state index contributed by atoms with van der Waals surface area (Å²) in [5.41, 5.74) is 4.01. The van der Waals surface area contributed by atoms with Crippen LogP contribution in [0.1, 0.15) is 52.9 Å². The van der Waals surface area contributed by atoms with Crippen LogP contribution in [0.25, 0.3) is 0 Å². The van der Waals surface area contributed by atoms with Gasteiger partial charge in [0.25, 0.3) is 5.79 Å². The maximum absolute atomic E-state index is 11.2. The molecular formula is C32H38N4O5. The molecule has 0 bridgehead atoms. The predicted molar refractivity (Wildman–Crippen MR) is 157 cm³/mol. The normalized spacial score (nSPS) is 19.4. The minimum Gasteiger partial charge on any atom is -0.478 e. The van der Waals surface area contributed by atoms with Gasteiger partial charge in [0.15, 0.2) is 11.5 Å². The fraction of sp³-hybridized carbons (Fsp3) is 0.406. The first kappa shape index (κ1) is 28.6. The van der Waals surface area contributed by atoms with Gasteiger partial charge >= 0.3 is 5.97 Å². The molecule has 1 unspecified atom stereocenters. The molecule has 1 atom stereocenters. The van der Waals surface area contributed by atoms with E-state index in [0.29, 0.717) is 25.6 Å². The maximum atomic E-state index is 11.2. The lowest BCUT2D eigenvalue weighted by molar-refractivity contribution is -0.0688. The van der Waals surface area contributed by atoms with E-state index >= 15 is 0 Å². The fourth-order valence-corrected chi connectivity index (χ4v) is 5.35. The zero-order valence-corrected chi connectivity index (χ0v) is 24.2. The quantitative estimate of drug-likeness (QED) is 0.282. The fourth-order valence-electron chi connectivity index (χ4n) is 5.35. The number of likely N-dealkylation sites (N-methyl/N-ethyl adjacent to an activating group) is 1. The van der Waals surface area contributed by atoms with Crippen LogP contribution >= 0.6 is 0 Å². The summed E-state index contributed by atoms with van der Waals surface area (Å²) in [6.45, 7) is 7.75. The molecule has 2 aliphatic rings. The average molecular weight is 559 g/mol. The van der Waals surface area contributed by atoms with Gasteiger partial charge in [-0.25, -0.2) is 9.79 Å². The summed E-state index contributed by atoms with van der Waals surface area (Å²) >= 11 is 0. The SMILES string of the molecule is COCCN(C)C(CN1CCC(c2cccc3c2OC(C)(c2ccc(C)nc2)O3)CC1)=Nc1ccc(C(=O)O)cc1. The number of fused-ring (bicyclic) bond motifs is 1. The third-order valence-electron chi connectivity index (χ3n) is 7.88. The predicted octanol–water partition coefficient (Wildman–Crippen LogP) is 5.22. The molecule has 1 N–H and O–H groups in total. The molecule has 0 aliphatic carbocycles. The molecule has 3 heterocycles. The Morgan fingerprint density at radius 3 is 2.56 bits per heavy atom. The highest BCUT2D eigenvalue weighted by molar-refractivity contribution is 5.89. The standard InChI is InChI=1S/C32H38N4O5/c1-22-8-11-25(20-33-22)32(2)40-28-7-5-6-27(30(28)41-32)23-14-16-36(17-15-23)21-29(35(3)18-19-39-4)34-26-12-9-24(10-13-26)31(37)38/h5-13,20,23H,14-19,21H2,1-4H3,(H,37,38). The first-order valence-electron chi connectivity index (χ1n) is 14.0. The number of hydrogen-bond donors (Lipinski definition) is 1. The molecule has 0 radical (unpaired) electrons. The Bertz CT molecular complexity index is 1380. The van der Waals surface area contributed by atoms with Crippen molar-refractivity contribution in [1.82, 2.24) is 14.8 Å². The molecule has 9 heteroatoms. The number of ether oxygens (including phenoxy) is 3. The molecule has 0 saturated carbocycles. The van der Waals surface area contributed by atoms with E-state index in [1.54, 1.807) is 31.4 Å². The highest BCUT2D eigenvalue weighted by Crippen LogP contribution is 2.49. The monoisotopic (exact) mass is 558 g/mol. The third-order valence-corrected chi connectivity index (χ3v) is 7.88. The number of aryl methyl sites for hydroxylation is 1. The molecule has 1 saturated heterocycles. The molecule has 0 amide bonds. The highest BCUT2D eigenvalue weighted by Gasteiger charge is 2.41. The van der Waals surface area contributed by atoms with Gasteiger partial charge in [0.05, 0.1) is 30.0 Å². The van der Waals surface area contributed by atoms with Gasteiger partial charge in [0.2, 0.25) is 0 Å². The van der Waals surface area contributed by atoms with Crippen molar-refractivity contribution in [2.24, 2.45) is 4.99 Å². The van der Waals surface area contributed by atoms with Crippen LogP contribution in [0, 0.1) is 6.92 Å². The number of carboxylic acid groups (broad SMARTS) is 1. The minimum absolute atomic E-state index is 0.248. The smallest absolute Gasteiger partial charge is 0.335 e. The van der Waals surface area contributed by atoms with Crippen molar-refractivity contribution in [2.75, 3.05) is 46.9 Å². The van der Waals surface area contributed by atoms with E-state index in [9.17, 15) is 9.90 Å². The number of hydrogen-bond acceptors (Lipinski definition) is 7. The number of benzene rings is 2.